The summed E-state index contributed by atoms with van der Waals surface area (Å²) in [6.45, 7) is 0.728. The molecule has 0 N–H and O–H groups in total. The first kappa shape index (κ1) is 11.4. The molecule has 1 aliphatic heterocycles. The first-order valence-electron chi connectivity index (χ1n) is 4.59. The van der Waals surface area contributed by atoms with Gasteiger partial charge in [-0.1, -0.05) is 6.07 Å². The zero-order chi connectivity index (χ0) is 11.8. The second kappa shape index (κ2) is 4.05. The quantitative estimate of drug-likeness (QED) is 0.714. The summed E-state index contributed by atoms with van der Waals surface area (Å²) in [5.74, 6) is 0.750. The van der Waals surface area contributed by atoms with Crippen molar-refractivity contribution in [1.82, 2.24) is 0 Å². The fraction of sp³-hybridized carbons (Fsp3) is 0.400. The molecule has 0 amide bonds. The summed E-state index contributed by atoms with van der Waals surface area (Å²) in [4.78, 5) is 0. The van der Waals surface area contributed by atoms with Gasteiger partial charge in [-0.25, -0.2) is 0 Å². The summed E-state index contributed by atoms with van der Waals surface area (Å²) >= 11 is 5.30. The molecule has 0 fully saturated rings. The van der Waals surface area contributed by atoms with Crippen LogP contribution in [0.2, 0.25) is 0 Å². The molecule has 1 heterocycles. The van der Waals surface area contributed by atoms with Gasteiger partial charge in [0.05, 0.1) is 0 Å². The number of ether oxygens (including phenoxy) is 2. The molecule has 0 spiro atoms. The van der Waals surface area contributed by atoms with Crippen molar-refractivity contribution in [3.8, 4) is 11.5 Å². The van der Waals surface area contributed by atoms with Crippen LogP contribution >= 0.6 is 11.6 Å². The van der Waals surface area contributed by atoms with E-state index in [-0.39, 0.29) is 5.56 Å². The fourth-order valence-corrected chi connectivity index (χ4v) is 1.54. The first-order valence-corrected chi connectivity index (χ1v) is 5.02. The molecule has 1 atom stereocenters. The van der Waals surface area contributed by atoms with Gasteiger partial charge in [0.25, 0.3) is 0 Å². The molecule has 0 saturated carbocycles. The largest absolute Gasteiger partial charge is 0.486 e. The third kappa shape index (κ3) is 2.19. The van der Waals surface area contributed by atoms with Crippen molar-refractivity contribution in [2.75, 3.05) is 13.2 Å². The highest BCUT2D eigenvalue weighted by atomic mass is 35.5. The predicted octanol–water partition coefficient (Wildman–Crippen LogP) is 3.30. The summed E-state index contributed by atoms with van der Waals surface area (Å²) < 4.78 is 47.5. The molecule has 0 bridgehead atoms. The highest BCUT2D eigenvalue weighted by molar-refractivity contribution is 6.21. The Labute approximate surface area is 94.9 Å². The van der Waals surface area contributed by atoms with E-state index in [2.05, 4.69) is 0 Å². The molecule has 1 unspecified atom stereocenters. The fourth-order valence-electron chi connectivity index (χ4n) is 1.41. The topological polar surface area (TPSA) is 18.5 Å². The minimum atomic E-state index is -4.47. The minimum absolute atomic E-state index is 0.0431. The van der Waals surface area contributed by atoms with Gasteiger partial charge in [0, 0.05) is 0 Å². The first-order chi connectivity index (χ1) is 7.48. The van der Waals surface area contributed by atoms with Gasteiger partial charge in [-0.05, 0) is 17.7 Å². The van der Waals surface area contributed by atoms with Crippen LogP contribution in [0.1, 0.15) is 10.9 Å². The average molecular weight is 253 g/mol. The number of benzene rings is 1. The van der Waals surface area contributed by atoms with E-state index in [0.717, 1.165) is 0 Å². The van der Waals surface area contributed by atoms with Crippen molar-refractivity contribution >= 4 is 11.6 Å². The lowest BCUT2D eigenvalue weighted by Crippen LogP contribution is -2.18. The van der Waals surface area contributed by atoms with Crippen LogP contribution in [-0.4, -0.2) is 19.4 Å². The molecule has 2 rings (SSSR count). The van der Waals surface area contributed by atoms with E-state index in [4.69, 9.17) is 21.1 Å². The molecule has 1 aromatic carbocycles. The summed E-state index contributed by atoms with van der Waals surface area (Å²) in [5.41, 5.74) is -0.0431. The molecule has 0 saturated heterocycles. The Kier molecular flexibility index (Phi) is 2.88. The molecule has 1 aliphatic rings. The van der Waals surface area contributed by atoms with Crippen LogP contribution in [-0.2, 0) is 0 Å². The van der Waals surface area contributed by atoms with Crippen molar-refractivity contribution in [2.24, 2.45) is 0 Å². The van der Waals surface area contributed by atoms with Gasteiger partial charge in [0.15, 0.2) is 16.9 Å². The third-order valence-corrected chi connectivity index (χ3v) is 2.65. The number of halogens is 4. The molecule has 0 aliphatic carbocycles. The lowest BCUT2D eigenvalue weighted by atomic mass is 10.1. The molecule has 88 valence electrons. The van der Waals surface area contributed by atoms with Crippen molar-refractivity contribution in [1.29, 1.82) is 0 Å². The van der Waals surface area contributed by atoms with Crippen LogP contribution in [0.3, 0.4) is 0 Å². The standard InChI is InChI=1S/C10H8ClF3O2/c11-9(10(12,13)14)6-1-2-7-8(5-6)16-4-3-15-7/h1-2,5,9H,3-4H2. The van der Waals surface area contributed by atoms with E-state index in [1.807, 2.05) is 0 Å². The van der Waals surface area contributed by atoms with Gasteiger partial charge in [-0.15, -0.1) is 11.6 Å². The number of fused-ring (bicyclic) bond motifs is 1. The van der Waals surface area contributed by atoms with Crippen LogP contribution < -0.4 is 9.47 Å². The summed E-state index contributed by atoms with van der Waals surface area (Å²) in [6.07, 6.45) is -4.47. The maximum Gasteiger partial charge on any atom is 0.408 e. The number of rotatable bonds is 1. The van der Waals surface area contributed by atoms with Crippen LogP contribution in [0.15, 0.2) is 18.2 Å². The molecule has 6 heteroatoms. The summed E-state index contributed by atoms with van der Waals surface area (Å²) in [6, 6.07) is 3.99. The Bertz CT molecular complexity index is 392. The maximum absolute atomic E-state index is 12.4. The second-order valence-corrected chi connectivity index (χ2v) is 3.74. The zero-order valence-electron chi connectivity index (χ0n) is 8.05. The predicted molar refractivity (Wildman–Crippen MR) is 52.1 cm³/mol. The summed E-state index contributed by atoms with van der Waals surface area (Å²) in [5, 5.41) is -2.02. The molecule has 1 aromatic rings. The Morgan fingerprint density at radius 2 is 1.75 bits per heavy atom. The van der Waals surface area contributed by atoms with Crippen LogP contribution in [0.25, 0.3) is 0 Å². The van der Waals surface area contributed by atoms with E-state index >= 15 is 0 Å². The van der Waals surface area contributed by atoms with Gasteiger partial charge in [0.1, 0.15) is 13.2 Å². The lowest BCUT2D eigenvalue weighted by molar-refractivity contribution is -0.131. The van der Waals surface area contributed by atoms with Crippen molar-refractivity contribution in [3.05, 3.63) is 23.8 Å². The Morgan fingerprint density at radius 3 is 2.38 bits per heavy atom. The monoisotopic (exact) mass is 252 g/mol. The van der Waals surface area contributed by atoms with Crippen molar-refractivity contribution in [2.45, 2.75) is 11.6 Å². The molecular weight excluding hydrogens is 245 g/mol. The van der Waals surface area contributed by atoms with Gasteiger partial charge >= 0.3 is 6.18 Å². The zero-order valence-corrected chi connectivity index (χ0v) is 8.81. The number of hydrogen-bond donors (Lipinski definition) is 0. The molecule has 2 nitrogen and oxygen atoms in total. The summed E-state index contributed by atoms with van der Waals surface area (Å²) in [7, 11) is 0. The maximum atomic E-state index is 12.4. The second-order valence-electron chi connectivity index (χ2n) is 3.31. The highest BCUT2D eigenvalue weighted by Gasteiger charge is 2.39. The Hall–Kier alpha value is -1.10. The SMILES string of the molecule is FC(F)(F)C(Cl)c1ccc2c(c1)OCCO2. The van der Waals surface area contributed by atoms with Gasteiger partial charge in [-0.3, -0.25) is 0 Å². The van der Waals surface area contributed by atoms with Crippen molar-refractivity contribution < 1.29 is 22.6 Å². The Morgan fingerprint density at radius 1 is 1.12 bits per heavy atom. The van der Waals surface area contributed by atoms with E-state index in [1.165, 1.54) is 18.2 Å². The number of hydrogen-bond acceptors (Lipinski definition) is 2. The van der Waals surface area contributed by atoms with E-state index in [9.17, 15) is 13.2 Å². The van der Waals surface area contributed by atoms with Crippen LogP contribution in [0, 0.1) is 0 Å². The lowest BCUT2D eigenvalue weighted by Gasteiger charge is -2.20. The highest BCUT2D eigenvalue weighted by Crippen LogP contribution is 2.41. The van der Waals surface area contributed by atoms with Gasteiger partial charge < -0.3 is 9.47 Å². The number of alkyl halides is 4. The Balaban J connectivity index is 2.30. The van der Waals surface area contributed by atoms with E-state index in [0.29, 0.717) is 24.7 Å². The minimum Gasteiger partial charge on any atom is -0.486 e. The molecular formula is C10H8ClF3O2. The molecule has 0 aromatic heterocycles. The smallest absolute Gasteiger partial charge is 0.408 e. The van der Waals surface area contributed by atoms with Gasteiger partial charge in [0.2, 0.25) is 0 Å². The third-order valence-electron chi connectivity index (χ3n) is 2.15. The normalized spacial score (nSPS) is 17.0. The van der Waals surface area contributed by atoms with Gasteiger partial charge in [-0.2, -0.15) is 13.2 Å². The average Bonchev–Trinajstić information content (AvgIpc) is 2.26. The van der Waals surface area contributed by atoms with Crippen LogP contribution in [0.4, 0.5) is 13.2 Å². The van der Waals surface area contributed by atoms with Crippen molar-refractivity contribution in [3.63, 3.8) is 0 Å². The van der Waals surface area contributed by atoms with E-state index in [1.54, 1.807) is 0 Å². The molecule has 0 radical (unpaired) electrons. The van der Waals surface area contributed by atoms with Crippen LogP contribution in [0.5, 0.6) is 11.5 Å². The van der Waals surface area contributed by atoms with E-state index < -0.39 is 11.6 Å². The molecule has 16 heavy (non-hydrogen) atoms.